The van der Waals surface area contributed by atoms with E-state index in [9.17, 15) is 19.5 Å². The molecule has 7 nitrogen and oxygen atoms in total. The van der Waals surface area contributed by atoms with E-state index in [1.165, 1.54) is 38.5 Å². The Hall–Kier alpha value is -3.35. The molecule has 0 spiro atoms. The van der Waals surface area contributed by atoms with Gasteiger partial charge in [-0.05, 0) is 29.8 Å². The van der Waals surface area contributed by atoms with E-state index in [4.69, 9.17) is 4.74 Å². The van der Waals surface area contributed by atoms with Crippen molar-refractivity contribution in [3.05, 3.63) is 65.2 Å². The van der Waals surface area contributed by atoms with Crippen LogP contribution in [0.25, 0.3) is 0 Å². The number of carbonyl (C=O) groups excluding carboxylic acids is 2. The third-order valence-corrected chi connectivity index (χ3v) is 3.77. The first-order valence-electron chi connectivity index (χ1n) is 7.80. The van der Waals surface area contributed by atoms with Crippen LogP contribution in [0.2, 0.25) is 0 Å². The Kier molecular flexibility index (Phi) is 6.32. The molecular formula is C19H19NO6. The molecule has 0 heterocycles. The maximum atomic E-state index is 12.4. The van der Waals surface area contributed by atoms with E-state index in [1.54, 1.807) is 24.3 Å². The first-order chi connectivity index (χ1) is 12.5. The number of amides is 1. The topological polar surface area (TPSA) is 102 Å². The highest BCUT2D eigenvalue weighted by Crippen LogP contribution is 2.19. The minimum absolute atomic E-state index is 0.0573. The molecule has 0 fully saturated rings. The Morgan fingerprint density at radius 2 is 1.73 bits per heavy atom. The summed E-state index contributed by atoms with van der Waals surface area (Å²) in [4.78, 5) is 35.5. The number of esters is 1. The molecule has 0 aliphatic rings. The van der Waals surface area contributed by atoms with E-state index in [0.29, 0.717) is 11.3 Å². The summed E-state index contributed by atoms with van der Waals surface area (Å²) in [6.07, 6.45) is 0.0573. The van der Waals surface area contributed by atoms with Gasteiger partial charge < -0.3 is 19.9 Å². The Morgan fingerprint density at radius 3 is 2.38 bits per heavy atom. The number of hydrogen-bond acceptors (Lipinski definition) is 5. The van der Waals surface area contributed by atoms with Crippen molar-refractivity contribution in [2.75, 3.05) is 14.2 Å². The van der Waals surface area contributed by atoms with Crippen LogP contribution in [0.1, 0.15) is 26.3 Å². The van der Waals surface area contributed by atoms with Gasteiger partial charge in [0, 0.05) is 12.0 Å². The largest absolute Gasteiger partial charge is 0.496 e. The minimum Gasteiger partial charge on any atom is -0.496 e. The van der Waals surface area contributed by atoms with Gasteiger partial charge in [0.2, 0.25) is 0 Å². The van der Waals surface area contributed by atoms with Gasteiger partial charge in [0.25, 0.3) is 5.91 Å². The Morgan fingerprint density at radius 1 is 1.04 bits per heavy atom. The summed E-state index contributed by atoms with van der Waals surface area (Å²) in [5, 5.41) is 11.9. The summed E-state index contributed by atoms with van der Waals surface area (Å²) in [6.45, 7) is 0. The van der Waals surface area contributed by atoms with E-state index in [-0.39, 0.29) is 17.5 Å². The minimum atomic E-state index is -1.17. The average molecular weight is 357 g/mol. The molecule has 0 bridgehead atoms. The molecular weight excluding hydrogens is 338 g/mol. The van der Waals surface area contributed by atoms with Gasteiger partial charge in [-0.15, -0.1) is 0 Å². The molecule has 0 saturated heterocycles. The third-order valence-electron chi connectivity index (χ3n) is 3.77. The van der Waals surface area contributed by atoms with E-state index in [0.717, 1.165) is 0 Å². The molecule has 0 unspecified atom stereocenters. The quantitative estimate of drug-likeness (QED) is 0.734. The van der Waals surface area contributed by atoms with Crippen LogP contribution in [0.15, 0.2) is 48.5 Å². The van der Waals surface area contributed by atoms with Crippen molar-refractivity contribution in [1.29, 1.82) is 0 Å². The fraction of sp³-hybridized carbons (Fsp3) is 0.211. The lowest BCUT2D eigenvalue weighted by Gasteiger charge is -2.16. The maximum absolute atomic E-state index is 12.4. The van der Waals surface area contributed by atoms with Crippen LogP contribution in [0, 0.1) is 0 Å². The number of carboxylic acid groups (broad SMARTS) is 1. The number of para-hydroxylation sites is 1. The summed E-state index contributed by atoms with van der Waals surface area (Å²) in [5.41, 5.74) is 1.03. The highest BCUT2D eigenvalue weighted by atomic mass is 16.5. The van der Waals surface area contributed by atoms with Crippen molar-refractivity contribution in [3.63, 3.8) is 0 Å². The predicted molar refractivity (Wildman–Crippen MR) is 93.4 cm³/mol. The monoisotopic (exact) mass is 357 g/mol. The second-order valence-corrected chi connectivity index (χ2v) is 5.45. The molecule has 2 aromatic carbocycles. The first-order valence-corrected chi connectivity index (χ1v) is 7.80. The zero-order valence-electron chi connectivity index (χ0n) is 14.4. The molecule has 0 aliphatic heterocycles. The second-order valence-electron chi connectivity index (χ2n) is 5.45. The second kappa shape index (κ2) is 8.66. The number of nitrogens with one attached hydrogen (secondary N) is 1. The molecule has 7 heteroatoms. The molecule has 26 heavy (non-hydrogen) atoms. The summed E-state index contributed by atoms with van der Waals surface area (Å²) >= 11 is 0. The van der Waals surface area contributed by atoms with Crippen LogP contribution in [-0.4, -0.2) is 43.2 Å². The van der Waals surface area contributed by atoms with E-state index in [1.807, 2.05) is 0 Å². The average Bonchev–Trinajstić information content (AvgIpc) is 2.67. The number of aliphatic carboxylic acids is 1. The van der Waals surface area contributed by atoms with Crippen molar-refractivity contribution in [2.45, 2.75) is 12.5 Å². The van der Waals surface area contributed by atoms with Gasteiger partial charge in [-0.3, -0.25) is 4.79 Å². The van der Waals surface area contributed by atoms with Gasteiger partial charge in [0.05, 0.1) is 19.8 Å². The van der Waals surface area contributed by atoms with Gasteiger partial charge >= 0.3 is 11.9 Å². The number of rotatable bonds is 7. The third kappa shape index (κ3) is 4.60. The van der Waals surface area contributed by atoms with Crippen LogP contribution in [0.3, 0.4) is 0 Å². The van der Waals surface area contributed by atoms with Crippen LogP contribution < -0.4 is 10.1 Å². The van der Waals surface area contributed by atoms with Gasteiger partial charge in [0.15, 0.2) is 0 Å². The van der Waals surface area contributed by atoms with Gasteiger partial charge in [-0.25, -0.2) is 9.59 Å². The molecule has 1 amide bonds. The SMILES string of the molecule is COC(=O)c1cccc(C(=O)N[C@@H](Cc2ccccc2OC)C(=O)O)c1. The van der Waals surface area contributed by atoms with Crippen LogP contribution >= 0.6 is 0 Å². The molecule has 2 rings (SSSR count). The van der Waals surface area contributed by atoms with Crippen molar-refractivity contribution < 1.29 is 29.0 Å². The zero-order valence-corrected chi connectivity index (χ0v) is 14.4. The molecule has 0 radical (unpaired) electrons. The molecule has 0 aromatic heterocycles. The molecule has 2 N–H and O–H groups in total. The van der Waals surface area contributed by atoms with Gasteiger partial charge in [0.1, 0.15) is 11.8 Å². The van der Waals surface area contributed by atoms with Crippen molar-refractivity contribution in [3.8, 4) is 5.75 Å². The molecule has 136 valence electrons. The molecule has 0 saturated carbocycles. The fourth-order valence-electron chi connectivity index (χ4n) is 2.44. The number of benzene rings is 2. The van der Waals surface area contributed by atoms with Crippen LogP contribution in [-0.2, 0) is 16.0 Å². The highest BCUT2D eigenvalue weighted by Gasteiger charge is 2.23. The lowest BCUT2D eigenvalue weighted by molar-refractivity contribution is -0.139. The highest BCUT2D eigenvalue weighted by molar-refractivity contribution is 5.99. The summed E-state index contributed by atoms with van der Waals surface area (Å²) < 4.78 is 9.83. The lowest BCUT2D eigenvalue weighted by Crippen LogP contribution is -2.42. The van der Waals surface area contributed by atoms with Gasteiger partial charge in [-0.1, -0.05) is 24.3 Å². The normalized spacial score (nSPS) is 11.3. The molecule has 2 aromatic rings. The van der Waals surface area contributed by atoms with E-state index < -0.39 is 23.9 Å². The Bertz CT molecular complexity index is 817. The van der Waals surface area contributed by atoms with Crippen molar-refractivity contribution in [1.82, 2.24) is 5.32 Å². The zero-order chi connectivity index (χ0) is 19.1. The van der Waals surface area contributed by atoms with Crippen LogP contribution in [0.5, 0.6) is 5.75 Å². The number of methoxy groups -OCH3 is 2. The lowest BCUT2D eigenvalue weighted by atomic mass is 10.0. The number of carboxylic acids is 1. The standard InChI is InChI=1S/C19H19NO6/c1-25-16-9-4-3-6-12(16)11-15(18(22)23)20-17(21)13-7-5-8-14(10-13)19(24)26-2/h3-10,15H,11H2,1-2H3,(H,20,21)(H,22,23)/t15-/m0/s1. The number of ether oxygens (including phenoxy) is 2. The van der Waals surface area contributed by atoms with Gasteiger partial charge in [-0.2, -0.15) is 0 Å². The van der Waals surface area contributed by atoms with Crippen LogP contribution in [0.4, 0.5) is 0 Å². The molecule has 1 atom stereocenters. The summed E-state index contributed by atoms with van der Waals surface area (Å²) in [5.74, 6) is -1.81. The predicted octanol–water partition coefficient (Wildman–Crippen LogP) is 1.91. The molecule has 0 aliphatic carbocycles. The fourth-order valence-corrected chi connectivity index (χ4v) is 2.44. The number of carbonyl (C=O) groups is 3. The number of hydrogen-bond donors (Lipinski definition) is 2. The van der Waals surface area contributed by atoms with E-state index >= 15 is 0 Å². The Labute approximate surface area is 150 Å². The van der Waals surface area contributed by atoms with E-state index in [2.05, 4.69) is 10.1 Å². The van der Waals surface area contributed by atoms with Crippen molar-refractivity contribution in [2.24, 2.45) is 0 Å². The maximum Gasteiger partial charge on any atom is 0.337 e. The summed E-state index contributed by atoms with van der Waals surface area (Å²) in [7, 11) is 2.73. The summed E-state index contributed by atoms with van der Waals surface area (Å²) in [6, 6.07) is 11.7. The first kappa shape index (κ1) is 19.0. The van der Waals surface area contributed by atoms with Crippen molar-refractivity contribution >= 4 is 17.8 Å². The smallest absolute Gasteiger partial charge is 0.337 e. The Balaban J connectivity index is 2.18.